The lowest BCUT2D eigenvalue weighted by atomic mass is 9.79. The highest BCUT2D eigenvalue weighted by Crippen LogP contribution is 2.57. The first-order valence-electron chi connectivity index (χ1n) is 7.12. The average molecular weight is 290 g/mol. The summed E-state index contributed by atoms with van der Waals surface area (Å²) in [6, 6.07) is 1.54. The summed E-state index contributed by atoms with van der Waals surface area (Å²) in [6.07, 6.45) is 3.11. The van der Waals surface area contributed by atoms with Crippen LogP contribution in [0.2, 0.25) is 0 Å². The van der Waals surface area contributed by atoms with Crippen LogP contribution >= 0.6 is 0 Å². The molecule has 0 unspecified atom stereocenters. The van der Waals surface area contributed by atoms with Crippen molar-refractivity contribution in [2.45, 2.75) is 26.7 Å². The van der Waals surface area contributed by atoms with Gasteiger partial charge in [-0.2, -0.15) is 0 Å². The van der Waals surface area contributed by atoms with Gasteiger partial charge >= 0.3 is 5.97 Å². The quantitative estimate of drug-likeness (QED) is 0.833. The molecule has 21 heavy (non-hydrogen) atoms. The highest BCUT2D eigenvalue weighted by atomic mass is 16.5. The molecule has 0 aromatic carbocycles. The Kier molecular flexibility index (Phi) is 3.31. The minimum atomic E-state index is -0.888. The van der Waals surface area contributed by atoms with Crippen LogP contribution in [0.3, 0.4) is 0 Å². The fraction of sp³-hybridized carbons (Fsp3) is 0.533. The van der Waals surface area contributed by atoms with Crippen LogP contribution in [0.5, 0.6) is 0 Å². The number of nitrogens with one attached hydrogen (secondary N) is 1. The van der Waals surface area contributed by atoms with Crippen LogP contribution in [-0.4, -0.2) is 22.1 Å². The molecule has 112 valence electrons. The second-order valence-electron chi connectivity index (χ2n) is 6.01. The number of carbonyl (C=O) groups excluding carboxylic acids is 1. The number of carbonyl (C=O) groups is 2. The van der Waals surface area contributed by atoms with Gasteiger partial charge in [-0.3, -0.25) is 9.59 Å². The molecule has 1 amide bonds. The minimum absolute atomic E-state index is 0.00874. The van der Waals surface area contributed by atoms with Crippen LogP contribution in [-0.2, 0) is 9.59 Å². The third kappa shape index (κ3) is 2.14. The van der Waals surface area contributed by atoms with E-state index in [-0.39, 0.29) is 17.7 Å². The predicted molar refractivity (Wildman–Crippen MR) is 74.3 cm³/mol. The minimum Gasteiger partial charge on any atom is -0.481 e. The normalized spacial score (nSPS) is 30.5. The number of carboxylic acid groups (broad SMARTS) is 1. The monoisotopic (exact) mass is 290 g/mol. The summed E-state index contributed by atoms with van der Waals surface area (Å²) in [4.78, 5) is 24.1. The largest absolute Gasteiger partial charge is 0.481 e. The highest BCUT2D eigenvalue weighted by Gasteiger charge is 2.57. The fourth-order valence-corrected chi connectivity index (χ4v) is 4.09. The molecular weight excluding hydrogens is 272 g/mol. The molecule has 2 saturated carbocycles. The molecule has 2 N–H and O–H groups in total. The fourth-order valence-electron chi connectivity index (χ4n) is 4.09. The topological polar surface area (TPSA) is 92.4 Å². The maximum absolute atomic E-state index is 12.5. The van der Waals surface area contributed by atoms with Crippen LogP contribution in [0.4, 0.5) is 5.82 Å². The molecule has 0 spiro atoms. The maximum atomic E-state index is 12.5. The predicted octanol–water partition coefficient (Wildman–Crippen LogP) is 2.31. The summed E-state index contributed by atoms with van der Waals surface area (Å²) in [7, 11) is 0. The Hall–Kier alpha value is -2.11. The molecule has 1 aromatic heterocycles. The first-order chi connectivity index (χ1) is 10.0. The first-order valence-corrected chi connectivity index (χ1v) is 7.12. The van der Waals surface area contributed by atoms with Gasteiger partial charge in [0.2, 0.25) is 5.91 Å². The van der Waals surface area contributed by atoms with Crippen molar-refractivity contribution < 1.29 is 19.2 Å². The van der Waals surface area contributed by atoms with E-state index in [1.165, 1.54) is 11.8 Å². The van der Waals surface area contributed by atoms with Crippen LogP contribution in [0.1, 0.15) is 26.7 Å². The van der Waals surface area contributed by atoms with Gasteiger partial charge in [-0.15, -0.1) is 0 Å². The summed E-state index contributed by atoms with van der Waals surface area (Å²) in [5.41, 5.74) is 2.31. The van der Waals surface area contributed by atoms with Gasteiger partial charge in [0.05, 0.1) is 11.8 Å². The molecule has 0 saturated heterocycles. The Bertz CT molecular complexity index is 601. The van der Waals surface area contributed by atoms with E-state index in [0.29, 0.717) is 5.82 Å². The van der Waals surface area contributed by atoms with Crippen molar-refractivity contribution in [2.24, 2.45) is 23.7 Å². The maximum Gasteiger partial charge on any atom is 0.307 e. The zero-order chi connectivity index (χ0) is 15.1. The number of hydrogen-bond acceptors (Lipinski definition) is 4. The Morgan fingerprint density at radius 2 is 1.95 bits per heavy atom. The zero-order valence-electron chi connectivity index (χ0n) is 12.0. The Balaban J connectivity index is 1.91. The molecule has 0 aliphatic heterocycles. The molecular formula is C15H18N2O4. The van der Waals surface area contributed by atoms with Crippen LogP contribution in [0, 0.1) is 23.7 Å². The number of rotatable bonds is 3. The van der Waals surface area contributed by atoms with Crippen molar-refractivity contribution in [3.63, 3.8) is 0 Å². The number of anilines is 1. The number of aliphatic carboxylic acids is 1. The Morgan fingerprint density at radius 1 is 1.29 bits per heavy atom. The molecule has 2 aliphatic carbocycles. The number of hydrogen-bond donors (Lipinski definition) is 2. The lowest BCUT2D eigenvalue weighted by Crippen LogP contribution is -2.37. The second kappa shape index (κ2) is 5.02. The molecule has 2 bridgehead atoms. The van der Waals surface area contributed by atoms with E-state index in [4.69, 9.17) is 0 Å². The van der Waals surface area contributed by atoms with E-state index >= 15 is 0 Å². The molecule has 6 nitrogen and oxygen atoms in total. The third-order valence-electron chi connectivity index (χ3n) is 4.70. The first kappa shape index (κ1) is 13.9. The van der Waals surface area contributed by atoms with Crippen LogP contribution in [0.15, 0.2) is 28.0 Å². The summed E-state index contributed by atoms with van der Waals surface area (Å²) < 4.78 is 4.68. The standard InChI is InChI=1S/C15H18N2O4/c1-7(2)11-8-3-4-9(11)13(15(19)20)12(8)14(18)16-10-5-6-21-17-10/h5-6,8-9,12-13H,3-4H2,1-2H3,(H,19,20)(H,16,17,18)/t8-,9-,12+,13-/m1/s1. The van der Waals surface area contributed by atoms with Gasteiger partial charge in [-0.25, -0.2) is 0 Å². The highest BCUT2D eigenvalue weighted by molar-refractivity contribution is 5.96. The molecule has 0 radical (unpaired) electrons. The lowest BCUT2D eigenvalue weighted by molar-refractivity contribution is -0.148. The van der Waals surface area contributed by atoms with Gasteiger partial charge in [0.15, 0.2) is 5.82 Å². The second-order valence-corrected chi connectivity index (χ2v) is 6.01. The van der Waals surface area contributed by atoms with E-state index < -0.39 is 17.8 Å². The summed E-state index contributed by atoms with van der Waals surface area (Å²) in [5, 5.41) is 15.9. The summed E-state index contributed by atoms with van der Waals surface area (Å²) in [6.45, 7) is 3.99. The Labute approximate surface area is 122 Å². The van der Waals surface area contributed by atoms with E-state index in [1.807, 2.05) is 13.8 Å². The average Bonchev–Trinajstić information content (AvgIpc) is 3.11. The van der Waals surface area contributed by atoms with E-state index in [1.54, 1.807) is 6.07 Å². The molecule has 2 aliphatic rings. The van der Waals surface area contributed by atoms with Gasteiger partial charge in [-0.05, 0) is 38.5 Å². The lowest BCUT2D eigenvalue weighted by Gasteiger charge is -2.25. The number of nitrogens with zero attached hydrogens (tertiary/aromatic N) is 1. The third-order valence-corrected chi connectivity index (χ3v) is 4.70. The molecule has 1 heterocycles. The van der Waals surface area contributed by atoms with Gasteiger partial charge in [0.1, 0.15) is 6.26 Å². The van der Waals surface area contributed by atoms with Crippen molar-refractivity contribution in [2.75, 3.05) is 5.32 Å². The summed E-state index contributed by atoms with van der Waals surface area (Å²) >= 11 is 0. The molecule has 3 rings (SSSR count). The number of carboxylic acids is 1. The van der Waals surface area contributed by atoms with E-state index in [2.05, 4.69) is 15.0 Å². The number of aromatic nitrogens is 1. The van der Waals surface area contributed by atoms with Crippen molar-refractivity contribution >= 4 is 17.7 Å². The van der Waals surface area contributed by atoms with Crippen molar-refractivity contribution in [1.82, 2.24) is 5.16 Å². The van der Waals surface area contributed by atoms with Gasteiger partial charge in [0.25, 0.3) is 0 Å². The van der Waals surface area contributed by atoms with Gasteiger partial charge in [-0.1, -0.05) is 16.3 Å². The molecule has 4 atom stereocenters. The zero-order valence-corrected chi connectivity index (χ0v) is 12.0. The van der Waals surface area contributed by atoms with Crippen molar-refractivity contribution in [3.8, 4) is 0 Å². The van der Waals surface area contributed by atoms with Crippen LogP contribution in [0.25, 0.3) is 0 Å². The molecule has 6 heteroatoms. The van der Waals surface area contributed by atoms with E-state index in [9.17, 15) is 14.7 Å². The Morgan fingerprint density at radius 3 is 2.48 bits per heavy atom. The number of amides is 1. The van der Waals surface area contributed by atoms with Crippen LogP contribution < -0.4 is 5.32 Å². The van der Waals surface area contributed by atoms with E-state index in [0.717, 1.165) is 18.4 Å². The van der Waals surface area contributed by atoms with Gasteiger partial charge < -0.3 is 14.9 Å². The molecule has 1 aromatic rings. The van der Waals surface area contributed by atoms with Crippen molar-refractivity contribution in [1.29, 1.82) is 0 Å². The molecule has 2 fully saturated rings. The SMILES string of the molecule is CC(C)=C1[C@H]2CC[C@H]1[C@@H](C(=O)O)[C@H]2C(=O)Nc1ccon1. The van der Waals surface area contributed by atoms with Gasteiger partial charge in [0, 0.05) is 6.07 Å². The number of allylic oxidation sites excluding steroid dienone is 2. The smallest absolute Gasteiger partial charge is 0.307 e. The number of fused-ring (bicyclic) bond motifs is 2. The van der Waals surface area contributed by atoms with Crippen molar-refractivity contribution in [3.05, 3.63) is 23.5 Å². The summed E-state index contributed by atoms with van der Waals surface area (Å²) in [5.74, 6) is -1.98.